The van der Waals surface area contributed by atoms with E-state index in [0.717, 1.165) is 31.7 Å². The predicted molar refractivity (Wildman–Crippen MR) is 100 cm³/mol. The summed E-state index contributed by atoms with van der Waals surface area (Å²) in [5.41, 5.74) is 1.41. The molecule has 0 amide bonds. The summed E-state index contributed by atoms with van der Waals surface area (Å²) in [6.07, 6.45) is 1.40. The second kappa shape index (κ2) is 7.20. The van der Waals surface area contributed by atoms with Crippen molar-refractivity contribution < 1.29 is 5.11 Å². The van der Waals surface area contributed by atoms with Crippen LogP contribution in [0.4, 0.5) is 0 Å². The van der Waals surface area contributed by atoms with E-state index in [2.05, 4.69) is 22.0 Å². The largest absolute Gasteiger partial charge is 0.494 e. The average molecular weight is 359 g/mol. The zero-order valence-electron chi connectivity index (χ0n) is 14.3. The van der Waals surface area contributed by atoms with Crippen molar-refractivity contribution in [3.05, 3.63) is 50.5 Å². The Morgan fingerprint density at radius 2 is 1.84 bits per heavy atom. The Kier molecular flexibility index (Phi) is 5.00. The van der Waals surface area contributed by atoms with Gasteiger partial charge in [-0.25, -0.2) is 0 Å². The molecule has 0 aliphatic carbocycles. The van der Waals surface area contributed by atoms with Crippen molar-refractivity contribution in [2.45, 2.75) is 6.92 Å². The van der Waals surface area contributed by atoms with E-state index in [1.165, 1.54) is 10.8 Å². The minimum atomic E-state index is -0.455. The number of hydrogen-bond acceptors (Lipinski definition) is 6. The summed E-state index contributed by atoms with van der Waals surface area (Å²) in [5.74, 6) is -0.213. The van der Waals surface area contributed by atoms with Crippen molar-refractivity contribution in [1.82, 2.24) is 19.5 Å². The molecule has 0 spiro atoms. The maximum Gasteiger partial charge on any atom is 0.264 e. The number of H-pyrrole nitrogens is 1. The molecule has 25 heavy (non-hydrogen) atoms. The Morgan fingerprint density at radius 3 is 2.48 bits per heavy atom. The quantitative estimate of drug-likeness (QED) is 0.641. The third kappa shape index (κ3) is 3.80. The molecule has 3 rings (SSSR count). The van der Waals surface area contributed by atoms with Gasteiger partial charge in [-0.2, -0.15) is 5.10 Å². The van der Waals surface area contributed by atoms with Crippen molar-refractivity contribution in [3.63, 3.8) is 0 Å². The number of benzene rings is 1. The Morgan fingerprint density at radius 1 is 1.20 bits per heavy atom. The summed E-state index contributed by atoms with van der Waals surface area (Å²) in [6.45, 7) is 5.36. The number of aromatic nitrogens is 2. The normalized spacial score (nSPS) is 15.8. The molecule has 0 atom stereocenters. The summed E-state index contributed by atoms with van der Waals surface area (Å²) in [4.78, 5) is 17.0. The molecule has 1 saturated heterocycles. The zero-order chi connectivity index (χ0) is 18.0. The average Bonchev–Trinajstić information content (AvgIpc) is 2.57. The number of aromatic amines is 1. The van der Waals surface area contributed by atoms with E-state index in [9.17, 15) is 9.90 Å². The molecule has 7 nitrogen and oxygen atoms in total. The first-order valence-corrected chi connectivity index (χ1v) is 8.49. The fraction of sp³-hybridized carbons (Fsp3) is 0.353. The van der Waals surface area contributed by atoms with Gasteiger partial charge in [-0.3, -0.25) is 19.4 Å². The van der Waals surface area contributed by atoms with E-state index in [1.54, 1.807) is 0 Å². The molecule has 1 aromatic carbocycles. The minimum absolute atomic E-state index is 0.0908. The first-order valence-electron chi connectivity index (χ1n) is 8.08. The topological polar surface area (TPSA) is 76.9 Å². The van der Waals surface area contributed by atoms with Crippen molar-refractivity contribution in [3.8, 4) is 11.6 Å². The Balaban J connectivity index is 1.97. The monoisotopic (exact) mass is 359 g/mol. The third-order valence-corrected chi connectivity index (χ3v) is 4.53. The number of nitrogens with one attached hydrogen (secondary N) is 1. The van der Waals surface area contributed by atoms with E-state index >= 15 is 0 Å². The maximum atomic E-state index is 12.2. The standard InChI is InChI=1S/C17H21N5O2S/c1-12-3-5-13(6-4-12)22-16(24)14(15(23)19-17(22)25)11-18-21-9-7-20(2)8-10-21/h3-6,11,24H,7-10H2,1-2H3,(H,19,23,25)/b18-11+. The fourth-order valence-electron chi connectivity index (χ4n) is 2.64. The van der Waals surface area contributed by atoms with Crippen LogP contribution in [-0.2, 0) is 0 Å². The van der Waals surface area contributed by atoms with E-state index in [4.69, 9.17) is 12.2 Å². The van der Waals surface area contributed by atoms with Crippen LogP contribution in [-0.4, -0.2) is 64.0 Å². The molecule has 0 unspecified atom stereocenters. The van der Waals surface area contributed by atoms with Gasteiger partial charge < -0.3 is 10.0 Å². The number of aromatic hydroxyl groups is 1. The molecular weight excluding hydrogens is 338 g/mol. The Hall–Kier alpha value is -2.45. The van der Waals surface area contributed by atoms with Crippen LogP contribution in [0.3, 0.4) is 0 Å². The summed E-state index contributed by atoms with van der Waals surface area (Å²) in [7, 11) is 2.06. The van der Waals surface area contributed by atoms with Crippen LogP contribution in [0.5, 0.6) is 5.88 Å². The number of likely N-dealkylation sites (N-methyl/N-ethyl adjacent to an activating group) is 1. The lowest BCUT2D eigenvalue weighted by Crippen LogP contribution is -2.41. The molecule has 0 bridgehead atoms. The lowest BCUT2D eigenvalue weighted by molar-refractivity contribution is 0.159. The van der Waals surface area contributed by atoms with Gasteiger partial charge >= 0.3 is 0 Å². The molecule has 1 fully saturated rings. The van der Waals surface area contributed by atoms with E-state index in [-0.39, 0.29) is 16.2 Å². The lowest BCUT2D eigenvalue weighted by atomic mass is 10.2. The maximum absolute atomic E-state index is 12.2. The number of nitrogens with zero attached hydrogens (tertiary/aromatic N) is 4. The van der Waals surface area contributed by atoms with Crippen molar-refractivity contribution in [2.75, 3.05) is 33.2 Å². The van der Waals surface area contributed by atoms with Crippen molar-refractivity contribution in [2.24, 2.45) is 5.10 Å². The second-order valence-corrected chi connectivity index (χ2v) is 6.56. The van der Waals surface area contributed by atoms with Crippen LogP contribution in [0.15, 0.2) is 34.2 Å². The van der Waals surface area contributed by atoms with Gasteiger partial charge in [0.05, 0.1) is 11.9 Å². The highest BCUT2D eigenvalue weighted by Crippen LogP contribution is 2.19. The first-order chi connectivity index (χ1) is 12.0. The molecule has 2 N–H and O–H groups in total. The molecule has 2 aromatic rings. The summed E-state index contributed by atoms with van der Waals surface area (Å²) in [6, 6.07) is 7.51. The summed E-state index contributed by atoms with van der Waals surface area (Å²) in [5, 5.41) is 16.8. The molecule has 1 aromatic heterocycles. The van der Waals surface area contributed by atoms with Gasteiger partial charge in [0.25, 0.3) is 5.56 Å². The van der Waals surface area contributed by atoms with Crippen LogP contribution in [0.2, 0.25) is 0 Å². The third-order valence-electron chi connectivity index (χ3n) is 4.24. The number of piperazine rings is 1. The number of rotatable bonds is 3. The molecule has 2 heterocycles. The van der Waals surface area contributed by atoms with Crippen LogP contribution in [0.25, 0.3) is 5.69 Å². The van der Waals surface area contributed by atoms with E-state index < -0.39 is 5.56 Å². The smallest absolute Gasteiger partial charge is 0.264 e. The van der Waals surface area contributed by atoms with Crippen molar-refractivity contribution >= 4 is 18.4 Å². The summed E-state index contributed by atoms with van der Waals surface area (Å²) >= 11 is 5.21. The fourth-order valence-corrected chi connectivity index (χ4v) is 2.92. The number of hydrazone groups is 1. The number of aryl methyl sites for hydroxylation is 1. The molecular formula is C17H21N5O2S. The van der Waals surface area contributed by atoms with E-state index in [1.807, 2.05) is 36.2 Å². The van der Waals surface area contributed by atoms with Crippen molar-refractivity contribution in [1.29, 1.82) is 0 Å². The highest BCUT2D eigenvalue weighted by molar-refractivity contribution is 7.71. The minimum Gasteiger partial charge on any atom is -0.494 e. The van der Waals surface area contributed by atoms with Gasteiger partial charge in [-0.05, 0) is 38.3 Å². The van der Waals surface area contributed by atoms with Crippen LogP contribution >= 0.6 is 12.2 Å². The lowest BCUT2D eigenvalue weighted by Gasteiger charge is -2.30. The van der Waals surface area contributed by atoms with Gasteiger partial charge in [-0.15, -0.1) is 0 Å². The van der Waals surface area contributed by atoms with Gasteiger partial charge in [0.1, 0.15) is 5.56 Å². The molecule has 0 saturated carbocycles. The molecule has 8 heteroatoms. The van der Waals surface area contributed by atoms with Crippen LogP contribution in [0.1, 0.15) is 11.1 Å². The van der Waals surface area contributed by atoms with Crippen LogP contribution < -0.4 is 5.56 Å². The molecule has 1 aliphatic rings. The Labute approximate surface area is 150 Å². The van der Waals surface area contributed by atoms with Gasteiger partial charge in [0, 0.05) is 26.2 Å². The molecule has 0 radical (unpaired) electrons. The second-order valence-electron chi connectivity index (χ2n) is 6.17. The first kappa shape index (κ1) is 17.4. The highest BCUT2D eigenvalue weighted by Gasteiger charge is 2.14. The molecule has 132 valence electrons. The summed E-state index contributed by atoms with van der Waals surface area (Å²) < 4.78 is 1.57. The van der Waals surface area contributed by atoms with Gasteiger partial charge in [-0.1, -0.05) is 17.7 Å². The van der Waals surface area contributed by atoms with Crippen LogP contribution in [0, 0.1) is 11.7 Å². The number of hydrogen-bond donors (Lipinski definition) is 2. The van der Waals surface area contributed by atoms with Gasteiger partial charge in [0.2, 0.25) is 5.88 Å². The SMILES string of the molecule is Cc1ccc(-n2c(O)c(/C=N/N3CCN(C)CC3)c(=O)[nH]c2=S)cc1. The highest BCUT2D eigenvalue weighted by atomic mass is 32.1. The zero-order valence-corrected chi connectivity index (χ0v) is 15.1. The Bertz CT molecular complexity index is 893. The predicted octanol–water partition coefficient (Wildman–Crippen LogP) is 1.49. The van der Waals surface area contributed by atoms with Gasteiger partial charge in [0.15, 0.2) is 4.77 Å². The molecule has 1 aliphatic heterocycles. The van der Waals surface area contributed by atoms with E-state index in [0.29, 0.717) is 5.69 Å².